The number of benzene rings is 1. The van der Waals surface area contributed by atoms with E-state index in [1.165, 1.54) is 4.90 Å². The number of likely N-dealkylation sites (tertiary alicyclic amines) is 1. The van der Waals surface area contributed by atoms with Gasteiger partial charge in [0.2, 0.25) is 5.91 Å². The van der Waals surface area contributed by atoms with E-state index in [2.05, 4.69) is 0 Å². The van der Waals surface area contributed by atoms with Gasteiger partial charge in [-0.25, -0.2) is 4.79 Å². The molecule has 1 fully saturated rings. The van der Waals surface area contributed by atoms with Gasteiger partial charge in [-0.1, -0.05) is 18.2 Å². The Balaban J connectivity index is 1.85. The van der Waals surface area contributed by atoms with Gasteiger partial charge in [-0.15, -0.1) is 0 Å². The van der Waals surface area contributed by atoms with Crippen LogP contribution in [0.3, 0.4) is 0 Å². The number of rotatable bonds is 2. The highest BCUT2D eigenvalue weighted by Crippen LogP contribution is 2.36. The van der Waals surface area contributed by atoms with E-state index >= 15 is 0 Å². The van der Waals surface area contributed by atoms with Crippen LogP contribution in [0.5, 0.6) is 5.75 Å². The van der Waals surface area contributed by atoms with Gasteiger partial charge < -0.3 is 19.8 Å². The lowest BCUT2D eigenvalue weighted by molar-refractivity contribution is -0.148. The Morgan fingerprint density at radius 3 is 2.80 bits per heavy atom. The molecule has 6 nitrogen and oxygen atoms in total. The molecule has 3 atom stereocenters. The minimum Gasteiger partial charge on any atom is -0.492 e. The highest BCUT2D eigenvalue weighted by molar-refractivity contribution is 5.90. The van der Waals surface area contributed by atoms with E-state index in [1.807, 2.05) is 18.2 Å². The predicted molar refractivity (Wildman–Crippen MR) is 68.4 cm³/mol. The topological polar surface area (TPSA) is 87.1 Å². The zero-order valence-electron chi connectivity index (χ0n) is 10.7. The summed E-state index contributed by atoms with van der Waals surface area (Å²) in [7, 11) is 0. The molecule has 2 N–H and O–H groups in total. The van der Waals surface area contributed by atoms with Crippen LogP contribution in [0.15, 0.2) is 24.3 Å². The van der Waals surface area contributed by atoms with Crippen molar-refractivity contribution in [2.24, 2.45) is 0 Å². The molecule has 1 unspecified atom stereocenters. The second-order valence-corrected chi connectivity index (χ2v) is 5.14. The first-order valence-corrected chi connectivity index (χ1v) is 6.51. The number of para-hydroxylation sites is 1. The van der Waals surface area contributed by atoms with Crippen LogP contribution in [0.1, 0.15) is 17.9 Å². The molecule has 0 bridgehead atoms. The summed E-state index contributed by atoms with van der Waals surface area (Å²) >= 11 is 0. The first-order chi connectivity index (χ1) is 9.58. The third-order valence-corrected chi connectivity index (χ3v) is 3.85. The number of nitrogens with zero attached hydrogens (tertiary/aromatic N) is 1. The van der Waals surface area contributed by atoms with E-state index < -0.39 is 24.0 Å². The SMILES string of the molecule is O=C(O)[C@@H]1C[C@@H](O)CN1C(=O)C1COc2ccccc21. The van der Waals surface area contributed by atoms with Crippen LogP contribution in [0.25, 0.3) is 0 Å². The minimum atomic E-state index is -1.08. The number of ether oxygens (including phenoxy) is 1. The molecule has 2 aliphatic rings. The summed E-state index contributed by atoms with van der Waals surface area (Å²) in [5.41, 5.74) is 0.781. The van der Waals surface area contributed by atoms with E-state index in [9.17, 15) is 14.7 Å². The van der Waals surface area contributed by atoms with Gasteiger partial charge in [0.15, 0.2) is 0 Å². The van der Waals surface area contributed by atoms with E-state index in [-0.39, 0.29) is 25.5 Å². The molecule has 0 spiro atoms. The van der Waals surface area contributed by atoms with Crippen molar-refractivity contribution >= 4 is 11.9 Å². The average Bonchev–Trinajstić information content (AvgIpc) is 3.01. The molecular weight excluding hydrogens is 262 g/mol. The van der Waals surface area contributed by atoms with Crippen LogP contribution in [0, 0.1) is 0 Å². The summed E-state index contributed by atoms with van der Waals surface area (Å²) in [5, 5.41) is 18.8. The number of hydrogen-bond donors (Lipinski definition) is 2. The van der Waals surface area contributed by atoms with Crippen molar-refractivity contribution in [2.45, 2.75) is 24.5 Å². The Kier molecular flexibility index (Phi) is 3.10. The Morgan fingerprint density at radius 1 is 1.30 bits per heavy atom. The van der Waals surface area contributed by atoms with Crippen molar-refractivity contribution in [3.63, 3.8) is 0 Å². The number of carboxylic acid groups (broad SMARTS) is 1. The zero-order chi connectivity index (χ0) is 14.3. The summed E-state index contributed by atoms with van der Waals surface area (Å²) < 4.78 is 5.46. The molecule has 2 aliphatic heterocycles. The number of carbonyl (C=O) groups is 2. The molecule has 0 radical (unpaired) electrons. The van der Waals surface area contributed by atoms with E-state index in [0.29, 0.717) is 5.75 Å². The van der Waals surface area contributed by atoms with E-state index in [1.54, 1.807) is 6.07 Å². The molecule has 3 rings (SSSR count). The number of β-amino-alcohol motifs (C(OH)–C–C–N with tert-alkyl or cyclic N) is 1. The van der Waals surface area contributed by atoms with Gasteiger partial charge in [-0.05, 0) is 6.07 Å². The number of amides is 1. The molecule has 106 valence electrons. The van der Waals surface area contributed by atoms with Crippen molar-refractivity contribution in [1.29, 1.82) is 0 Å². The number of carboxylic acids is 1. The largest absolute Gasteiger partial charge is 0.492 e. The molecule has 1 saturated heterocycles. The van der Waals surface area contributed by atoms with Crippen molar-refractivity contribution < 1.29 is 24.5 Å². The number of aliphatic carboxylic acids is 1. The van der Waals surface area contributed by atoms with Crippen LogP contribution >= 0.6 is 0 Å². The van der Waals surface area contributed by atoms with Gasteiger partial charge >= 0.3 is 5.97 Å². The fourth-order valence-corrected chi connectivity index (χ4v) is 2.86. The molecule has 1 aromatic carbocycles. The van der Waals surface area contributed by atoms with E-state index in [0.717, 1.165) is 5.56 Å². The molecule has 0 aliphatic carbocycles. The maximum Gasteiger partial charge on any atom is 0.326 e. The van der Waals surface area contributed by atoms with Crippen LogP contribution in [0.4, 0.5) is 0 Å². The molecular formula is C14H15NO5. The van der Waals surface area contributed by atoms with Crippen molar-refractivity contribution in [2.75, 3.05) is 13.2 Å². The lowest BCUT2D eigenvalue weighted by Crippen LogP contribution is -2.43. The predicted octanol–water partition coefficient (Wildman–Crippen LogP) is 0.209. The normalized spacial score (nSPS) is 28.1. The van der Waals surface area contributed by atoms with Crippen LogP contribution in [0.2, 0.25) is 0 Å². The molecule has 0 saturated carbocycles. The lowest BCUT2D eigenvalue weighted by Gasteiger charge is -2.24. The molecule has 2 heterocycles. The van der Waals surface area contributed by atoms with Gasteiger partial charge in [0.1, 0.15) is 24.3 Å². The number of aliphatic hydroxyl groups excluding tert-OH is 1. The van der Waals surface area contributed by atoms with Gasteiger partial charge in [0, 0.05) is 18.5 Å². The third kappa shape index (κ3) is 2.02. The van der Waals surface area contributed by atoms with Gasteiger partial charge in [0.05, 0.1) is 6.10 Å². The van der Waals surface area contributed by atoms with E-state index in [4.69, 9.17) is 9.84 Å². The number of carbonyl (C=O) groups excluding carboxylic acids is 1. The monoisotopic (exact) mass is 277 g/mol. The third-order valence-electron chi connectivity index (χ3n) is 3.85. The fraction of sp³-hybridized carbons (Fsp3) is 0.429. The molecule has 20 heavy (non-hydrogen) atoms. The Labute approximate surface area is 115 Å². The van der Waals surface area contributed by atoms with Gasteiger partial charge in [0.25, 0.3) is 0 Å². The van der Waals surface area contributed by atoms with Crippen LogP contribution < -0.4 is 4.74 Å². The summed E-state index contributed by atoms with van der Waals surface area (Å²) in [4.78, 5) is 25.0. The summed E-state index contributed by atoms with van der Waals surface area (Å²) in [5.74, 6) is -1.20. The maximum absolute atomic E-state index is 12.5. The molecule has 1 aromatic rings. The van der Waals surface area contributed by atoms with Crippen molar-refractivity contribution in [3.8, 4) is 5.75 Å². The molecule has 0 aromatic heterocycles. The molecule has 6 heteroatoms. The summed E-state index contributed by atoms with van der Waals surface area (Å²) in [6.45, 7) is 0.283. The Hall–Kier alpha value is -2.08. The Morgan fingerprint density at radius 2 is 2.05 bits per heavy atom. The minimum absolute atomic E-state index is 0.0640. The highest BCUT2D eigenvalue weighted by Gasteiger charge is 2.43. The van der Waals surface area contributed by atoms with Crippen LogP contribution in [-0.4, -0.2) is 52.3 Å². The summed E-state index contributed by atoms with van der Waals surface area (Å²) in [6, 6.07) is 6.29. The lowest BCUT2D eigenvalue weighted by atomic mass is 9.99. The second kappa shape index (κ2) is 4.79. The Bertz CT molecular complexity index is 558. The molecule has 1 amide bonds. The quantitative estimate of drug-likeness (QED) is 0.807. The van der Waals surface area contributed by atoms with Gasteiger partial charge in [-0.3, -0.25) is 4.79 Å². The first kappa shape index (κ1) is 12.9. The van der Waals surface area contributed by atoms with Crippen molar-refractivity contribution in [1.82, 2.24) is 4.90 Å². The summed E-state index contributed by atoms with van der Waals surface area (Å²) in [6.07, 6.45) is -0.700. The highest BCUT2D eigenvalue weighted by atomic mass is 16.5. The van der Waals surface area contributed by atoms with Crippen LogP contribution in [-0.2, 0) is 9.59 Å². The van der Waals surface area contributed by atoms with Crippen molar-refractivity contribution in [3.05, 3.63) is 29.8 Å². The standard InChI is InChI=1S/C14H15NO5/c16-8-5-11(14(18)19)15(6-8)13(17)10-7-20-12-4-2-1-3-9(10)12/h1-4,8,10-11,16H,5-7H2,(H,18,19)/t8-,10?,11+/m1/s1. The fourth-order valence-electron chi connectivity index (χ4n) is 2.86. The zero-order valence-corrected chi connectivity index (χ0v) is 10.7. The number of aliphatic hydroxyl groups is 1. The smallest absolute Gasteiger partial charge is 0.326 e. The average molecular weight is 277 g/mol. The van der Waals surface area contributed by atoms with Gasteiger partial charge in [-0.2, -0.15) is 0 Å². The first-order valence-electron chi connectivity index (χ1n) is 6.51. The number of fused-ring (bicyclic) bond motifs is 1. The maximum atomic E-state index is 12.5. The number of hydrogen-bond acceptors (Lipinski definition) is 4. The second-order valence-electron chi connectivity index (χ2n) is 5.14.